The molecule has 7 nitrogen and oxygen atoms in total. The van der Waals surface area contributed by atoms with Gasteiger partial charge in [0, 0.05) is 5.56 Å². The first-order chi connectivity index (χ1) is 10.0. The topological polar surface area (TPSA) is 116 Å². The molecule has 0 aromatic heterocycles. The van der Waals surface area contributed by atoms with Crippen LogP contribution in [0.1, 0.15) is 10.4 Å². The molecule has 5 atom stereocenters. The van der Waals surface area contributed by atoms with E-state index >= 15 is 0 Å². The van der Waals surface area contributed by atoms with Crippen LogP contribution < -0.4 is 0 Å². The monoisotopic (exact) mass is 298 g/mol. The van der Waals surface area contributed by atoms with E-state index in [9.17, 15) is 25.2 Å². The Hall–Kier alpha value is -1.35. The fraction of sp³-hybridized carbons (Fsp3) is 0.500. The second kappa shape index (κ2) is 7.08. The Morgan fingerprint density at radius 2 is 1.71 bits per heavy atom. The van der Waals surface area contributed by atoms with Gasteiger partial charge in [-0.05, 0) is 0 Å². The Morgan fingerprint density at radius 1 is 1.05 bits per heavy atom. The molecule has 0 radical (unpaired) electrons. The summed E-state index contributed by atoms with van der Waals surface area (Å²) in [5, 5.41) is 37.9. The Balaban J connectivity index is 1.82. The van der Waals surface area contributed by atoms with Gasteiger partial charge in [-0.3, -0.25) is 4.79 Å². The second-order valence-corrected chi connectivity index (χ2v) is 4.84. The van der Waals surface area contributed by atoms with Crippen LogP contribution in [0, 0.1) is 0 Å². The number of hydrogen-bond acceptors (Lipinski definition) is 7. The van der Waals surface area contributed by atoms with Gasteiger partial charge in [-0.15, -0.1) is 0 Å². The van der Waals surface area contributed by atoms with Crippen LogP contribution in [0.25, 0.3) is 0 Å². The molecule has 4 N–H and O–H groups in total. The summed E-state index contributed by atoms with van der Waals surface area (Å²) in [5.41, 5.74) is 0.498. The highest BCUT2D eigenvalue weighted by Gasteiger charge is 2.42. The van der Waals surface area contributed by atoms with E-state index in [-0.39, 0.29) is 19.0 Å². The number of rotatable bonds is 5. The molecule has 1 aliphatic heterocycles. The predicted molar refractivity (Wildman–Crippen MR) is 70.5 cm³/mol. The SMILES string of the molecule is O=C(COC[C@H]1O[C@H](O)[C@H](O)[C@@H](O)[C@@H]1O)c1ccccc1. The van der Waals surface area contributed by atoms with Gasteiger partial charge in [-0.1, -0.05) is 30.3 Å². The Kier molecular flexibility index (Phi) is 5.40. The standard InChI is InChI=1S/C14H18O7/c15-9(8-4-2-1-3-5-8)6-20-7-10-11(16)12(17)13(18)14(19)21-10/h1-5,10-14,16-19H,6-7H2/t10-,11-,12+,13-,14+/m1/s1. The van der Waals surface area contributed by atoms with Crippen molar-refractivity contribution in [3.8, 4) is 0 Å². The predicted octanol–water partition coefficient (Wildman–Crippen LogP) is -1.31. The molecule has 0 unspecified atom stereocenters. The van der Waals surface area contributed by atoms with Gasteiger partial charge in [0.2, 0.25) is 0 Å². The molecule has 1 aromatic carbocycles. The number of ketones is 1. The molecule has 0 bridgehead atoms. The van der Waals surface area contributed by atoms with Crippen molar-refractivity contribution in [3.05, 3.63) is 35.9 Å². The third-order valence-electron chi connectivity index (χ3n) is 3.30. The molecule has 0 amide bonds. The zero-order valence-electron chi connectivity index (χ0n) is 11.2. The molecule has 1 saturated heterocycles. The van der Waals surface area contributed by atoms with E-state index in [1.165, 1.54) is 0 Å². The van der Waals surface area contributed by atoms with Gasteiger partial charge in [0.15, 0.2) is 12.1 Å². The Bertz CT molecular complexity index is 464. The van der Waals surface area contributed by atoms with Gasteiger partial charge in [-0.2, -0.15) is 0 Å². The van der Waals surface area contributed by atoms with Crippen molar-refractivity contribution in [2.24, 2.45) is 0 Å². The average Bonchev–Trinajstić information content (AvgIpc) is 2.51. The van der Waals surface area contributed by atoms with Crippen LogP contribution in [0.5, 0.6) is 0 Å². The minimum Gasteiger partial charge on any atom is -0.387 e. The number of aliphatic hydroxyl groups excluding tert-OH is 4. The third-order valence-corrected chi connectivity index (χ3v) is 3.30. The largest absolute Gasteiger partial charge is 0.387 e. The van der Waals surface area contributed by atoms with Crippen LogP contribution >= 0.6 is 0 Å². The number of hydrogen-bond donors (Lipinski definition) is 4. The summed E-state index contributed by atoms with van der Waals surface area (Å²) in [6, 6.07) is 8.56. The van der Waals surface area contributed by atoms with E-state index in [2.05, 4.69) is 0 Å². The maximum absolute atomic E-state index is 11.8. The van der Waals surface area contributed by atoms with Gasteiger partial charge < -0.3 is 29.9 Å². The zero-order chi connectivity index (χ0) is 15.4. The number of aliphatic hydroxyl groups is 4. The minimum atomic E-state index is -1.61. The van der Waals surface area contributed by atoms with Crippen molar-refractivity contribution in [1.82, 2.24) is 0 Å². The van der Waals surface area contributed by atoms with Crippen molar-refractivity contribution < 1.29 is 34.7 Å². The molecule has 7 heteroatoms. The van der Waals surface area contributed by atoms with Crippen LogP contribution in [-0.4, -0.2) is 70.1 Å². The smallest absolute Gasteiger partial charge is 0.188 e. The van der Waals surface area contributed by atoms with Gasteiger partial charge in [-0.25, -0.2) is 0 Å². The summed E-state index contributed by atoms with van der Waals surface area (Å²) in [5.74, 6) is -0.234. The van der Waals surface area contributed by atoms with E-state index in [0.717, 1.165) is 0 Å². The molecular weight excluding hydrogens is 280 g/mol. The van der Waals surface area contributed by atoms with E-state index in [1.54, 1.807) is 30.3 Å². The van der Waals surface area contributed by atoms with E-state index < -0.39 is 30.7 Å². The highest BCUT2D eigenvalue weighted by Crippen LogP contribution is 2.20. The summed E-state index contributed by atoms with van der Waals surface area (Å²) in [6.07, 6.45) is -7.16. The van der Waals surface area contributed by atoms with Gasteiger partial charge >= 0.3 is 0 Å². The van der Waals surface area contributed by atoms with Crippen LogP contribution in [0.2, 0.25) is 0 Å². The summed E-state index contributed by atoms with van der Waals surface area (Å²) >= 11 is 0. The van der Waals surface area contributed by atoms with Crippen molar-refractivity contribution >= 4 is 5.78 Å². The first kappa shape index (κ1) is 16.0. The number of ether oxygens (including phenoxy) is 2. The van der Waals surface area contributed by atoms with Crippen molar-refractivity contribution in [2.45, 2.75) is 30.7 Å². The Morgan fingerprint density at radius 3 is 2.38 bits per heavy atom. The number of benzene rings is 1. The van der Waals surface area contributed by atoms with Crippen LogP contribution in [0.4, 0.5) is 0 Å². The summed E-state index contributed by atoms with van der Waals surface area (Å²) in [7, 11) is 0. The quantitative estimate of drug-likeness (QED) is 0.498. The summed E-state index contributed by atoms with van der Waals surface area (Å²) < 4.78 is 10.1. The minimum absolute atomic E-state index is 0.194. The second-order valence-electron chi connectivity index (χ2n) is 4.84. The summed E-state index contributed by atoms with van der Waals surface area (Å²) in [4.78, 5) is 11.8. The van der Waals surface area contributed by atoms with Crippen molar-refractivity contribution in [2.75, 3.05) is 13.2 Å². The van der Waals surface area contributed by atoms with E-state index in [1.807, 2.05) is 0 Å². The zero-order valence-corrected chi connectivity index (χ0v) is 11.2. The van der Waals surface area contributed by atoms with E-state index in [0.29, 0.717) is 5.56 Å². The lowest BCUT2D eigenvalue weighted by Gasteiger charge is -2.38. The summed E-state index contributed by atoms with van der Waals surface area (Å²) in [6.45, 7) is -0.411. The fourth-order valence-electron chi connectivity index (χ4n) is 2.04. The maximum Gasteiger partial charge on any atom is 0.188 e. The number of Topliss-reactive ketones (excluding diaryl/α,β-unsaturated/α-hetero) is 1. The van der Waals surface area contributed by atoms with Gasteiger partial charge in [0.25, 0.3) is 0 Å². The number of carbonyl (C=O) groups is 1. The molecule has 1 aromatic rings. The lowest BCUT2D eigenvalue weighted by atomic mass is 9.99. The molecule has 2 rings (SSSR count). The molecule has 116 valence electrons. The molecule has 0 spiro atoms. The maximum atomic E-state index is 11.8. The molecular formula is C14H18O7. The normalized spacial score (nSPS) is 32.9. The third kappa shape index (κ3) is 3.85. The first-order valence-electron chi connectivity index (χ1n) is 6.54. The Labute approximate surface area is 121 Å². The molecule has 1 heterocycles. The van der Waals surface area contributed by atoms with Crippen molar-refractivity contribution in [3.63, 3.8) is 0 Å². The van der Waals surface area contributed by atoms with Crippen LogP contribution in [0.3, 0.4) is 0 Å². The van der Waals surface area contributed by atoms with E-state index in [4.69, 9.17) is 9.47 Å². The van der Waals surface area contributed by atoms with Crippen LogP contribution in [-0.2, 0) is 9.47 Å². The fourth-order valence-corrected chi connectivity index (χ4v) is 2.04. The van der Waals surface area contributed by atoms with Crippen LogP contribution in [0.15, 0.2) is 30.3 Å². The van der Waals surface area contributed by atoms with Crippen molar-refractivity contribution in [1.29, 1.82) is 0 Å². The first-order valence-corrected chi connectivity index (χ1v) is 6.54. The molecule has 0 saturated carbocycles. The molecule has 1 fully saturated rings. The average molecular weight is 298 g/mol. The number of carbonyl (C=O) groups excluding carboxylic acids is 1. The highest BCUT2D eigenvalue weighted by molar-refractivity contribution is 5.96. The lowest BCUT2D eigenvalue weighted by molar-refractivity contribution is -0.288. The lowest BCUT2D eigenvalue weighted by Crippen LogP contribution is -2.58. The van der Waals surface area contributed by atoms with Gasteiger partial charge in [0.1, 0.15) is 31.0 Å². The van der Waals surface area contributed by atoms with Gasteiger partial charge in [0.05, 0.1) is 6.61 Å². The molecule has 0 aliphatic carbocycles. The molecule has 1 aliphatic rings. The molecule has 21 heavy (non-hydrogen) atoms. The highest BCUT2D eigenvalue weighted by atomic mass is 16.6.